The fraction of sp³-hybridized carbons (Fsp3) is 0.750. The molecule has 0 radical (unpaired) electrons. The minimum atomic E-state index is 0.0410. The second-order valence-corrected chi connectivity index (χ2v) is 6.18. The van der Waals surface area contributed by atoms with Crippen molar-refractivity contribution in [2.75, 3.05) is 11.5 Å². The van der Waals surface area contributed by atoms with Crippen LogP contribution < -0.4 is 11.1 Å². The molecule has 0 spiro atoms. The summed E-state index contributed by atoms with van der Waals surface area (Å²) in [5.41, 5.74) is 5.42. The summed E-state index contributed by atoms with van der Waals surface area (Å²) in [5.74, 6) is 1.87. The lowest BCUT2D eigenvalue weighted by molar-refractivity contribution is -0.120. The lowest BCUT2D eigenvalue weighted by atomic mass is 9.78. The van der Waals surface area contributed by atoms with Gasteiger partial charge in [0.25, 0.3) is 0 Å². The highest BCUT2D eigenvalue weighted by molar-refractivity contribution is 7.99. The van der Waals surface area contributed by atoms with Crippen LogP contribution in [0.3, 0.4) is 0 Å². The highest BCUT2D eigenvalue weighted by atomic mass is 32.2. The average molecular weight is 283 g/mol. The molecule has 0 unspecified atom stereocenters. The molecule has 0 bridgehead atoms. The summed E-state index contributed by atoms with van der Waals surface area (Å²) < 4.78 is 0. The number of nitrogen functional groups attached to an aromatic ring is 1. The Morgan fingerprint density at radius 2 is 2.32 bits per heavy atom. The number of rotatable bonds is 4. The molecule has 1 aromatic heterocycles. The van der Waals surface area contributed by atoms with Crippen LogP contribution in [0.15, 0.2) is 5.16 Å². The highest BCUT2D eigenvalue weighted by Crippen LogP contribution is 2.29. The third-order valence-corrected chi connectivity index (χ3v) is 4.72. The van der Waals surface area contributed by atoms with Crippen molar-refractivity contribution >= 4 is 23.6 Å². The van der Waals surface area contributed by atoms with Crippen LogP contribution in [0.2, 0.25) is 0 Å². The van der Waals surface area contributed by atoms with E-state index < -0.39 is 0 Å². The number of aromatic amines is 1. The third kappa shape index (κ3) is 3.86. The van der Waals surface area contributed by atoms with Crippen molar-refractivity contribution in [1.29, 1.82) is 0 Å². The van der Waals surface area contributed by atoms with Crippen LogP contribution in [0.25, 0.3) is 0 Å². The number of aromatic nitrogens is 3. The number of nitrogens with zero attached hydrogens (tertiary/aromatic N) is 2. The van der Waals surface area contributed by atoms with Gasteiger partial charge in [0, 0.05) is 6.04 Å². The predicted octanol–water partition coefficient (Wildman–Crippen LogP) is 1.42. The normalized spacial score (nSPS) is 27.2. The van der Waals surface area contributed by atoms with Gasteiger partial charge in [0.2, 0.25) is 17.0 Å². The quantitative estimate of drug-likeness (QED) is 0.726. The van der Waals surface area contributed by atoms with Crippen LogP contribution in [0.4, 0.5) is 5.95 Å². The second kappa shape index (κ2) is 6.27. The molecule has 19 heavy (non-hydrogen) atoms. The Hall–Kier alpha value is -1.24. The van der Waals surface area contributed by atoms with Crippen LogP contribution in [-0.2, 0) is 4.79 Å². The molecule has 6 nitrogen and oxygen atoms in total. The number of carbonyl (C=O) groups is 1. The summed E-state index contributed by atoms with van der Waals surface area (Å²) in [6.07, 6.45) is 3.54. The first kappa shape index (κ1) is 14.2. The lowest BCUT2D eigenvalue weighted by Crippen LogP contribution is -2.44. The maximum absolute atomic E-state index is 11.9. The summed E-state index contributed by atoms with van der Waals surface area (Å²) in [7, 11) is 0. The molecule has 1 saturated carbocycles. The van der Waals surface area contributed by atoms with E-state index in [2.05, 4.69) is 34.3 Å². The number of H-pyrrole nitrogens is 1. The predicted molar refractivity (Wildman–Crippen MR) is 75.6 cm³/mol. The Bertz CT molecular complexity index is 436. The van der Waals surface area contributed by atoms with E-state index in [4.69, 9.17) is 5.73 Å². The molecule has 0 aromatic carbocycles. The summed E-state index contributed by atoms with van der Waals surface area (Å²) in [6, 6.07) is 0.300. The number of anilines is 1. The van der Waals surface area contributed by atoms with Crippen LogP contribution in [0.1, 0.15) is 33.1 Å². The van der Waals surface area contributed by atoms with Crippen molar-refractivity contribution in [1.82, 2.24) is 20.5 Å². The third-order valence-electron chi connectivity index (χ3n) is 3.87. The molecule has 0 aliphatic heterocycles. The Kier molecular flexibility index (Phi) is 4.68. The first-order valence-corrected chi connectivity index (χ1v) is 7.65. The topological polar surface area (TPSA) is 96.7 Å². The van der Waals surface area contributed by atoms with E-state index in [1.807, 2.05) is 0 Å². The first-order chi connectivity index (χ1) is 9.06. The van der Waals surface area contributed by atoms with Gasteiger partial charge < -0.3 is 11.1 Å². The minimum absolute atomic E-state index is 0.0410. The van der Waals surface area contributed by atoms with E-state index in [0.717, 1.165) is 6.42 Å². The SMILES string of the molecule is C[C@@H]1[C@@H](NC(=O)CSc2n[nH]c(N)n2)CCC[C@@H]1C. The van der Waals surface area contributed by atoms with Gasteiger partial charge in [0.15, 0.2) is 0 Å². The molecule has 1 aromatic rings. The highest BCUT2D eigenvalue weighted by Gasteiger charge is 2.28. The van der Waals surface area contributed by atoms with Gasteiger partial charge in [-0.2, -0.15) is 4.98 Å². The van der Waals surface area contributed by atoms with E-state index in [1.54, 1.807) is 0 Å². The molecule has 2 rings (SSSR count). The van der Waals surface area contributed by atoms with Crippen molar-refractivity contribution in [3.05, 3.63) is 0 Å². The summed E-state index contributed by atoms with van der Waals surface area (Å²) in [4.78, 5) is 15.9. The number of hydrogen-bond donors (Lipinski definition) is 3. The molecule has 1 aliphatic carbocycles. The number of hydrogen-bond acceptors (Lipinski definition) is 5. The van der Waals surface area contributed by atoms with Gasteiger partial charge in [0.05, 0.1) is 5.75 Å². The van der Waals surface area contributed by atoms with Gasteiger partial charge in [-0.15, -0.1) is 5.10 Å². The van der Waals surface area contributed by atoms with Gasteiger partial charge in [0.1, 0.15) is 0 Å². The zero-order valence-electron chi connectivity index (χ0n) is 11.3. The van der Waals surface area contributed by atoms with E-state index in [0.29, 0.717) is 28.8 Å². The fourth-order valence-electron chi connectivity index (χ4n) is 2.49. The number of thioether (sulfide) groups is 1. The molecular formula is C12H21N5OS. The largest absolute Gasteiger partial charge is 0.368 e. The lowest BCUT2D eigenvalue weighted by Gasteiger charge is -2.34. The maximum atomic E-state index is 11.9. The Labute approximate surface area is 117 Å². The van der Waals surface area contributed by atoms with Crippen molar-refractivity contribution in [3.8, 4) is 0 Å². The Morgan fingerprint density at radius 3 is 3.00 bits per heavy atom. The molecular weight excluding hydrogens is 262 g/mol. The van der Waals surface area contributed by atoms with Crippen molar-refractivity contribution in [3.63, 3.8) is 0 Å². The summed E-state index contributed by atoms with van der Waals surface area (Å²) >= 11 is 1.29. The van der Waals surface area contributed by atoms with Gasteiger partial charge in [-0.25, -0.2) is 5.10 Å². The smallest absolute Gasteiger partial charge is 0.230 e. The monoisotopic (exact) mass is 283 g/mol. The van der Waals surface area contributed by atoms with Crippen LogP contribution in [0, 0.1) is 11.8 Å². The Morgan fingerprint density at radius 1 is 1.53 bits per heavy atom. The second-order valence-electron chi connectivity index (χ2n) is 5.23. The summed E-state index contributed by atoms with van der Waals surface area (Å²) in [5, 5.41) is 10.1. The standard InChI is InChI=1S/C12H21N5OS/c1-7-4-3-5-9(8(7)2)14-10(18)6-19-12-15-11(13)16-17-12/h7-9H,3-6H2,1-2H3,(H,14,18)(H3,13,15,16,17)/t7-,8-,9-/m0/s1. The van der Waals surface area contributed by atoms with Crippen molar-refractivity contribution in [2.24, 2.45) is 11.8 Å². The molecule has 1 aliphatic rings. The van der Waals surface area contributed by atoms with Gasteiger partial charge in [-0.3, -0.25) is 4.79 Å². The molecule has 4 N–H and O–H groups in total. The summed E-state index contributed by atoms with van der Waals surface area (Å²) in [6.45, 7) is 4.48. The first-order valence-electron chi connectivity index (χ1n) is 6.66. The van der Waals surface area contributed by atoms with Gasteiger partial charge >= 0.3 is 0 Å². The zero-order chi connectivity index (χ0) is 13.8. The minimum Gasteiger partial charge on any atom is -0.368 e. The van der Waals surface area contributed by atoms with E-state index in [-0.39, 0.29) is 11.9 Å². The van der Waals surface area contributed by atoms with E-state index >= 15 is 0 Å². The molecule has 1 amide bonds. The number of carbonyl (C=O) groups excluding carboxylic acids is 1. The van der Waals surface area contributed by atoms with Crippen molar-refractivity contribution in [2.45, 2.75) is 44.3 Å². The van der Waals surface area contributed by atoms with Crippen LogP contribution >= 0.6 is 11.8 Å². The molecule has 0 saturated heterocycles. The van der Waals surface area contributed by atoms with Crippen LogP contribution in [-0.4, -0.2) is 32.9 Å². The maximum Gasteiger partial charge on any atom is 0.230 e. The zero-order valence-corrected chi connectivity index (χ0v) is 12.2. The molecule has 106 valence electrons. The molecule has 3 atom stereocenters. The van der Waals surface area contributed by atoms with Gasteiger partial charge in [-0.1, -0.05) is 38.5 Å². The molecule has 1 heterocycles. The molecule has 1 fully saturated rings. The van der Waals surface area contributed by atoms with Crippen molar-refractivity contribution < 1.29 is 4.79 Å². The number of nitrogens with one attached hydrogen (secondary N) is 2. The molecule has 7 heteroatoms. The van der Waals surface area contributed by atoms with E-state index in [9.17, 15) is 4.79 Å². The van der Waals surface area contributed by atoms with Crippen LogP contribution in [0.5, 0.6) is 0 Å². The van der Waals surface area contributed by atoms with E-state index in [1.165, 1.54) is 24.6 Å². The van der Waals surface area contributed by atoms with Gasteiger partial charge in [-0.05, 0) is 18.3 Å². The number of nitrogens with two attached hydrogens (primary N) is 1. The fourth-order valence-corrected chi connectivity index (χ4v) is 3.10. The Balaban J connectivity index is 1.77. The average Bonchev–Trinajstić information content (AvgIpc) is 2.78. The number of amides is 1.